The predicted molar refractivity (Wildman–Crippen MR) is 90.3 cm³/mol. The van der Waals surface area contributed by atoms with Crippen molar-refractivity contribution < 1.29 is 4.74 Å². The van der Waals surface area contributed by atoms with Crippen molar-refractivity contribution >= 4 is 22.8 Å². The molecule has 0 aromatic carbocycles. The molecule has 0 aliphatic heterocycles. The van der Waals surface area contributed by atoms with E-state index in [1.165, 1.54) is 9.75 Å². The molecule has 4 nitrogen and oxygen atoms in total. The smallest absolute Gasteiger partial charge is 0.239 e. The van der Waals surface area contributed by atoms with Crippen LogP contribution in [0.4, 0.5) is 11.5 Å². The maximum atomic E-state index is 5.88. The number of hydrogen-bond acceptors (Lipinski definition) is 5. The number of hydrogen-bond donors (Lipinski definition) is 2. The molecule has 0 fully saturated rings. The quantitative estimate of drug-likeness (QED) is 0.850. The number of thiophene rings is 1. The molecule has 2 heterocycles. The monoisotopic (exact) mass is 305 g/mol. The van der Waals surface area contributed by atoms with Gasteiger partial charge in [0.05, 0.1) is 11.8 Å². The Labute approximate surface area is 130 Å². The normalized spacial score (nSPS) is 12.4. The van der Waals surface area contributed by atoms with Gasteiger partial charge >= 0.3 is 0 Å². The Bertz CT molecular complexity index is 595. The number of aryl methyl sites for hydroxylation is 1. The van der Waals surface area contributed by atoms with Crippen molar-refractivity contribution in [2.24, 2.45) is 0 Å². The zero-order valence-corrected chi connectivity index (χ0v) is 13.8. The highest BCUT2D eigenvalue weighted by Gasteiger charge is 2.10. The number of nitrogen functional groups attached to an aromatic ring is 1. The Morgan fingerprint density at radius 3 is 2.62 bits per heavy atom. The van der Waals surface area contributed by atoms with Crippen molar-refractivity contribution in [2.45, 2.75) is 46.3 Å². The number of rotatable bonds is 6. The van der Waals surface area contributed by atoms with Crippen LogP contribution in [0.25, 0.3) is 0 Å². The lowest BCUT2D eigenvalue weighted by molar-refractivity contribution is 0.234. The van der Waals surface area contributed by atoms with Crippen LogP contribution in [0.5, 0.6) is 5.88 Å². The van der Waals surface area contributed by atoms with E-state index in [1.807, 2.05) is 37.3 Å². The molecule has 0 saturated carbocycles. The molecule has 2 aromatic heterocycles. The molecule has 0 saturated heterocycles. The lowest BCUT2D eigenvalue weighted by atomic mass is 10.2. The maximum Gasteiger partial charge on any atom is 0.239 e. The zero-order valence-electron chi connectivity index (χ0n) is 13.0. The lowest BCUT2D eigenvalue weighted by Gasteiger charge is -2.16. The van der Waals surface area contributed by atoms with Crippen LogP contribution < -0.4 is 15.8 Å². The van der Waals surface area contributed by atoms with Crippen molar-refractivity contribution in [1.82, 2.24) is 4.98 Å². The number of aromatic nitrogens is 1. The molecular formula is C16H23N3OS. The van der Waals surface area contributed by atoms with E-state index in [0.29, 0.717) is 17.6 Å². The molecule has 1 atom stereocenters. The van der Waals surface area contributed by atoms with E-state index in [4.69, 9.17) is 10.5 Å². The van der Waals surface area contributed by atoms with Gasteiger partial charge < -0.3 is 15.8 Å². The first-order chi connectivity index (χ1) is 9.94. The van der Waals surface area contributed by atoms with Gasteiger partial charge in [-0.15, -0.1) is 11.3 Å². The minimum atomic E-state index is 0.0570. The van der Waals surface area contributed by atoms with Gasteiger partial charge in [-0.1, -0.05) is 0 Å². The third-order valence-electron chi connectivity index (χ3n) is 2.93. The molecule has 0 bridgehead atoms. The van der Waals surface area contributed by atoms with E-state index in [2.05, 4.69) is 36.3 Å². The summed E-state index contributed by atoms with van der Waals surface area (Å²) in [4.78, 5) is 7.16. The van der Waals surface area contributed by atoms with Crippen LogP contribution in [0.1, 0.15) is 30.5 Å². The summed E-state index contributed by atoms with van der Waals surface area (Å²) in [5, 5.41) is 3.40. The van der Waals surface area contributed by atoms with Crippen LogP contribution in [0.2, 0.25) is 0 Å². The van der Waals surface area contributed by atoms with Crippen LogP contribution in [0, 0.1) is 6.92 Å². The predicted octanol–water partition coefficient (Wildman–Crippen LogP) is 3.86. The fourth-order valence-corrected chi connectivity index (χ4v) is 3.07. The van der Waals surface area contributed by atoms with Gasteiger partial charge in [0.1, 0.15) is 5.82 Å². The van der Waals surface area contributed by atoms with Crippen LogP contribution in [-0.4, -0.2) is 17.1 Å². The third kappa shape index (κ3) is 4.63. The summed E-state index contributed by atoms with van der Waals surface area (Å²) in [6, 6.07) is 8.35. The summed E-state index contributed by atoms with van der Waals surface area (Å²) in [5.41, 5.74) is 6.45. The van der Waals surface area contributed by atoms with E-state index in [0.717, 1.165) is 12.2 Å². The molecule has 1 unspecified atom stereocenters. The minimum absolute atomic E-state index is 0.0570. The second-order valence-electron chi connectivity index (χ2n) is 5.52. The molecule has 0 spiro atoms. The van der Waals surface area contributed by atoms with Crippen LogP contribution in [0.15, 0.2) is 24.3 Å². The average molecular weight is 305 g/mol. The molecule has 3 N–H and O–H groups in total. The average Bonchev–Trinajstić information content (AvgIpc) is 2.78. The van der Waals surface area contributed by atoms with Crippen LogP contribution in [-0.2, 0) is 6.42 Å². The van der Waals surface area contributed by atoms with E-state index >= 15 is 0 Å². The molecule has 0 radical (unpaired) electrons. The highest BCUT2D eigenvalue weighted by Crippen LogP contribution is 2.23. The minimum Gasteiger partial charge on any atom is -0.473 e. The first kappa shape index (κ1) is 15.6. The van der Waals surface area contributed by atoms with Gasteiger partial charge in [0, 0.05) is 22.2 Å². The van der Waals surface area contributed by atoms with Gasteiger partial charge in [-0.25, -0.2) is 0 Å². The number of anilines is 2. The molecule has 114 valence electrons. The summed E-state index contributed by atoms with van der Waals surface area (Å²) >= 11 is 1.84. The molecule has 2 rings (SSSR count). The van der Waals surface area contributed by atoms with Crippen LogP contribution >= 0.6 is 11.3 Å². The highest BCUT2D eigenvalue weighted by atomic mass is 32.1. The van der Waals surface area contributed by atoms with Gasteiger partial charge in [0.25, 0.3) is 0 Å². The number of nitrogens with two attached hydrogens (primary N) is 1. The largest absolute Gasteiger partial charge is 0.473 e. The van der Waals surface area contributed by atoms with Gasteiger partial charge in [0.15, 0.2) is 0 Å². The third-order valence-corrected chi connectivity index (χ3v) is 3.96. The van der Waals surface area contributed by atoms with Gasteiger partial charge in [-0.05, 0) is 52.0 Å². The first-order valence-corrected chi connectivity index (χ1v) is 8.00. The molecule has 2 aromatic rings. The van der Waals surface area contributed by atoms with E-state index in [9.17, 15) is 0 Å². The van der Waals surface area contributed by atoms with Crippen molar-refractivity contribution in [1.29, 1.82) is 0 Å². The van der Waals surface area contributed by atoms with Crippen molar-refractivity contribution in [3.8, 4) is 5.88 Å². The topological polar surface area (TPSA) is 60.2 Å². The van der Waals surface area contributed by atoms with E-state index in [-0.39, 0.29) is 6.10 Å². The summed E-state index contributed by atoms with van der Waals surface area (Å²) in [6.07, 6.45) is 1.03. The Hall–Kier alpha value is -1.75. The molecule has 21 heavy (non-hydrogen) atoms. The van der Waals surface area contributed by atoms with Gasteiger partial charge in [-0.2, -0.15) is 4.98 Å². The molecule has 0 aliphatic carbocycles. The van der Waals surface area contributed by atoms with Crippen LogP contribution in [0.3, 0.4) is 0 Å². The number of pyridine rings is 1. The molecule has 0 aliphatic rings. The SMILES string of the molecule is Cc1ccc(CC(C)Nc2ccc(N)c(OC(C)C)n2)s1. The second-order valence-corrected chi connectivity index (χ2v) is 6.89. The number of ether oxygens (including phenoxy) is 1. The Morgan fingerprint density at radius 1 is 1.24 bits per heavy atom. The summed E-state index contributed by atoms with van der Waals surface area (Å²) in [7, 11) is 0. The lowest BCUT2D eigenvalue weighted by Crippen LogP contribution is -2.19. The molecule has 5 heteroatoms. The number of nitrogens with zero attached hydrogens (tertiary/aromatic N) is 1. The maximum absolute atomic E-state index is 5.88. The van der Waals surface area contributed by atoms with Crippen molar-refractivity contribution in [3.05, 3.63) is 34.0 Å². The van der Waals surface area contributed by atoms with Gasteiger partial charge in [0.2, 0.25) is 5.88 Å². The fourth-order valence-electron chi connectivity index (χ4n) is 2.05. The highest BCUT2D eigenvalue weighted by molar-refractivity contribution is 7.11. The van der Waals surface area contributed by atoms with Crippen molar-refractivity contribution in [3.63, 3.8) is 0 Å². The second kappa shape index (κ2) is 6.80. The standard InChI is InChI=1S/C16H23N3OS/c1-10(2)20-16-14(17)7-8-15(19-16)18-11(3)9-13-6-5-12(4)21-13/h5-8,10-11H,9,17H2,1-4H3,(H,18,19). The Kier molecular flexibility index (Phi) is 5.07. The molecule has 0 amide bonds. The Balaban J connectivity index is 2.01. The van der Waals surface area contributed by atoms with E-state index in [1.54, 1.807) is 0 Å². The number of nitrogens with one attached hydrogen (secondary N) is 1. The molecular weight excluding hydrogens is 282 g/mol. The van der Waals surface area contributed by atoms with E-state index < -0.39 is 0 Å². The van der Waals surface area contributed by atoms with Gasteiger partial charge in [-0.3, -0.25) is 0 Å². The summed E-state index contributed by atoms with van der Waals surface area (Å²) < 4.78 is 5.61. The fraction of sp³-hybridized carbons (Fsp3) is 0.438. The summed E-state index contributed by atoms with van der Waals surface area (Å²) in [5.74, 6) is 1.29. The zero-order chi connectivity index (χ0) is 15.4. The Morgan fingerprint density at radius 2 is 2.00 bits per heavy atom. The summed E-state index contributed by atoms with van der Waals surface area (Å²) in [6.45, 7) is 8.20. The first-order valence-electron chi connectivity index (χ1n) is 7.19. The van der Waals surface area contributed by atoms with Crippen molar-refractivity contribution in [2.75, 3.05) is 11.1 Å².